The summed E-state index contributed by atoms with van der Waals surface area (Å²) in [7, 11) is 3.70. The standard InChI is InChI=1S/C11H15NO2/c1-4-8-6-5-7-9(12(2)3)10(8)11(13)14/h5-7H,4H2,1-3H3,(H,13,14). The van der Waals surface area contributed by atoms with Gasteiger partial charge in [0.1, 0.15) is 0 Å². The topological polar surface area (TPSA) is 40.5 Å². The van der Waals surface area contributed by atoms with Crippen LogP contribution in [0.5, 0.6) is 0 Å². The predicted molar refractivity (Wildman–Crippen MR) is 57.1 cm³/mol. The number of hydrogen-bond donors (Lipinski definition) is 1. The number of nitrogens with zero attached hydrogens (tertiary/aromatic N) is 1. The molecule has 14 heavy (non-hydrogen) atoms. The molecule has 1 N–H and O–H groups in total. The molecule has 0 aliphatic carbocycles. The number of benzene rings is 1. The molecule has 1 aromatic carbocycles. The number of carboxylic acids is 1. The van der Waals surface area contributed by atoms with Crippen molar-refractivity contribution in [2.24, 2.45) is 0 Å². The first-order valence-electron chi connectivity index (χ1n) is 4.60. The van der Waals surface area contributed by atoms with Gasteiger partial charge < -0.3 is 10.0 Å². The number of carbonyl (C=O) groups is 1. The summed E-state index contributed by atoms with van der Waals surface area (Å²) in [4.78, 5) is 12.9. The van der Waals surface area contributed by atoms with Gasteiger partial charge in [0.05, 0.1) is 11.3 Å². The normalized spacial score (nSPS) is 9.93. The van der Waals surface area contributed by atoms with E-state index in [1.807, 2.05) is 44.1 Å². The van der Waals surface area contributed by atoms with Gasteiger partial charge in [-0.1, -0.05) is 19.1 Å². The highest BCUT2D eigenvalue weighted by Crippen LogP contribution is 2.22. The van der Waals surface area contributed by atoms with Gasteiger partial charge in [-0.25, -0.2) is 4.79 Å². The molecule has 0 aromatic heterocycles. The number of aromatic carboxylic acids is 1. The van der Waals surface area contributed by atoms with Crippen molar-refractivity contribution in [3.8, 4) is 0 Å². The summed E-state index contributed by atoms with van der Waals surface area (Å²) in [6.45, 7) is 1.96. The third-order valence-corrected chi connectivity index (χ3v) is 2.21. The molecule has 0 bridgehead atoms. The highest BCUT2D eigenvalue weighted by molar-refractivity contribution is 5.96. The molecule has 0 unspecified atom stereocenters. The fourth-order valence-corrected chi connectivity index (χ4v) is 1.50. The SMILES string of the molecule is CCc1cccc(N(C)C)c1C(=O)O. The van der Waals surface area contributed by atoms with E-state index in [-0.39, 0.29) is 0 Å². The number of carboxylic acid groups (broad SMARTS) is 1. The van der Waals surface area contributed by atoms with Crippen molar-refractivity contribution in [1.29, 1.82) is 0 Å². The first-order chi connectivity index (χ1) is 6.57. The van der Waals surface area contributed by atoms with Gasteiger partial charge in [0, 0.05) is 14.1 Å². The summed E-state index contributed by atoms with van der Waals surface area (Å²) < 4.78 is 0. The molecule has 0 amide bonds. The second kappa shape index (κ2) is 4.13. The molecule has 0 radical (unpaired) electrons. The van der Waals surface area contributed by atoms with Crippen LogP contribution < -0.4 is 4.90 Å². The van der Waals surface area contributed by atoms with Crippen LogP contribution in [0.25, 0.3) is 0 Å². The molecule has 0 fully saturated rings. The Balaban J connectivity index is 3.35. The van der Waals surface area contributed by atoms with E-state index in [1.54, 1.807) is 0 Å². The molecular formula is C11H15NO2. The van der Waals surface area contributed by atoms with Crippen molar-refractivity contribution >= 4 is 11.7 Å². The van der Waals surface area contributed by atoms with Crippen molar-refractivity contribution in [3.63, 3.8) is 0 Å². The lowest BCUT2D eigenvalue weighted by Crippen LogP contribution is -2.15. The molecule has 0 aliphatic heterocycles. The molecule has 0 aliphatic rings. The molecule has 0 spiro atoms. The third-order valence-electron chi connectivity index (χ3n) is 2.21. The molecule has 3 heteroatoms. The second-order valence-electron chi connectivity index (χ2n) is 3.36. The van der Waals surface area contributed by atoms with Crippen LogP contribution in [0.1, 0.15) is 22.8 Å². The lowest BCUT2D eigenvalue weighted by molar-refractivity contribution is 0.0696. The van der Waals surface area contributed by atoms with Gasteiger partial charge in [0.15, 0.2) is 0 Å². The quantitative estimate of drug-likeness (QED) is 0.798. The minimum atomic E-state index is -0.855. The van der Waals surface area contributed by atoms with Crippen molar-refractivity contribution in [2.45, 2.75) is 13.3 Å². The van der Waals surface area contributed by atoms with Gasteiger partial charge in [-0.3, -0.25) is 0 Å². The molecule has 0 heterocycles. The van der Waals surface area contributed by atoms with Gasteiger partial charge in [-0.05, 0) is 18.1 Å². The van der Waals surface area contributed by atoms with Crippen LogP contribution in [0.2, 0.25) is 0 Å². The molecular weight excluding hydrogens is 178 g/mol. The Labute approximate surface area is 84.0 Å². The van der Waals surface area contributed by atoms with Crippen molar-refractivity contribution in [1.82, 2.24) is 0 Å². The Morgan fingerprint density at radius 2 is 2.07 bits per heavy atom. The zero-order valence-electron chi connectivity index (χ0n) is 8.74. The summed E-state index contributed by atoms with van der Waals surface area (Å²) in [6, 6.07) is 5.57. The number of aryl methyl sites for hydroxylation is 1. The van der Waals surface area contributed by atoms with Crippen LogP contribution in [-0.4, -0.2) is 25.2 Å². The summed E-state index contributed by atoms with van der Waals surface area (Å²) in [6.07, 6.45) is 0.739. The predicted octanol–water partition coefficient (Wildman–Crippen LogP) is 2.01. The van der Waals surface area contributed by atoms with E-state index in [2.05, 4.69) is 0 Å². The maximum Gasteiger partial charge on any atom is 0.338 e. The largest absolute Gasteiger partial charge is 0.478 e. The van der Waals surface area contributed by atoms with Crippen LogP contribution in [0.15, 0.2) is 18.2 Å². The summed E-state index contributed by atoms with van der Waals surface area (Å²) in [5.74, 6) is -0.855. The molecule has 76 valence electrons. The van der Waals surface area contributed by atoms with Crippen molar-refractivity contribution < 1.29 is 9.90 Å². The summed E-state index contributed by atoms with van der Waals surface area (Å²) >= 11 is 0. The molecule has 3 nitrogen and oxygen atoms in total. The number of anilines is 1. The van der Waals surface area contributed by atoms with E-state index >= 15 is 0 Å². The maximum absolute atomic E-state index is 11.1. The van der Waals surface area contributed by atoms with E-state index in [9.17, 15) is 4.79 Å². The average molecular weight is 193 g/mol. The van der Waals surface area contributed by atoms with Gasteiger partial charge in [0.2, 0.25) is 0 Å². The Kier molecular flexibility index (Phi) is 3.12. The monoisotopic (exact) mass is 193 g/mol. The zero-order valence-corrected chi connectivity index (χ0v) is 8.74. The van der Waals surface area contributed by atoms with Crippen LogP contribution in [0.4, 0.5) is 5.69 Å². The molecule has 1 aromatic rings. The maximum atomic E-state index is 11.1. The minimum absolute atomic E-state index is 0.417. The van der Waals surface area contributed by atoms with Crippen LogP contribution >= 0.6 is 0 Å². The lowest BCUT2D eigenvalue weighted by atomic mass is 10.0. The van der Waals surface area contributed by atoms with E-state index in [0.29, 0.717) is 5.56 Å². The Morgan fingerprint density at radius 1 is 1.43 bits per heavy atom. The zero-order chi connectivity index (χ0) is 10.7. The van der Waals surface area contributed by atoms with Gasteiger partial charge in [-0.15, -0.1) is 0 Å². The summed E-state index contributed by atoms with van der Waals surface area (Å²) in [5, 5.41) is 9.10. The minimum Gasteiger partial charge on any atom is -0.478 e. The molecule has 0 saturated carbocycles. The van der Waals surface area contributed by atoms with Crippen molar-refractivity contribution in [3.05, 3.63) is 29.3 Å². The highest BCUT2D eigenvalue weighted by Gasteiger charge is 2.14. The first-order valence-corrected chi connectivity index (χ1v) is 4.60. The number of rotatable bonds is 3. The fraction of sp³-hybridized carbons (Fsp3) is 0.364. The fourth-order valence-electron chi connectivity index (χ4n) is 1.50. The summed E-state index contributed by atoms with van der Waals surface area (Å²) in [5.41, 5.74) is 2.06. The molecule has 1 rings (SSSR count). The van der Waals surface area contributed by atoms with Crippen LogP contribution in [-0.2, 0) is 6.42 Å². The van der Waals surface area contributed by atoms with E-state index < -0.39 is 5.97 Å². The Hall–Kier alpha value is -1.51. The molecule has 0 atom stereocenters. The van der Waals surface area contributed by atoms with Crippen LogP contribution in [0.3, 0.4) is 0 Å². The first kappa shape index (κ1) is 10.6. The van der Waals surface area contributed by atoms with Gasteiger partial charge in [0.25, 0.3) is 0 Å². The Morgan fingerprint density at radius 3 is 2.50 bits per heavy atom. The van der Waals surface area contributed by atoms with Crippen LogP contribution in [0, 0.1) is 0 Å². The van der Waals surface area contributed by atoms with E-state index in [1.165, 1.54) is 0 Å². The average Bonchev–Trinajstić information content (AvgIpc) is 2.16. The smallest absolute Gasteiger partial charge is 0.338 e. The lowest BCUT2D eigenvalue weighted by Gasteiger charge is -2.17. The highest BCUT2D eigenvalue weighted by atomic mass is 16.4. The second-order valence-corrected chi connectivity index (χ2v) is 3.36. The van der Waals surface area contributed by atoms with Crippen molar-refractivity contribution in [2.75, 3.05) is 19.0 Å². The Bertz CT molecular complexity index is 345. The van der Waals surface area contributed by atoms with Gasteiger partial charge in [-0.2, -0.15) is 0 Å². The third kappa shape index (κ3) is 1.87. The van der Waals surface area contributed by atoms with E-state index in [4.69, 9.17) is 5.11 Å². The van der Waals surface area contributed by atoms with E-state index in [0.717, 1.165) is 17.7 Å². The number of hydrogen-bond acceptors (Lipinski definition) is 2. The molecule has 0 saturated heterocycles. The van der Waals surface area contributed by atoms with Gasteiger partial charge >= 0.3 is 5.97 Å².